The number of aromatic nitrogens is 3. The van der Waals surface area contributed by atoms with Crippen molar-refractivity contribution in [2.45, 2.75) is 26.4 Å². The van der Waals surface area contributed by atoms with Gasteiger partial charge < -0.3 is 9.88 Å². The number of hydrogen-bond donors (Lipinski definition) is 1. The van der Waals surface area contributed by atoms with Crippen molar-refractivity contribution in [3.63, 3.8) is 0 Å². The second-order valence-corrected chi connectivity index (χ2v) is 5.18. The summed E-state index contributed by atoms with van der Waals surface area (Å²) in [5.41, 5.74) is 0. The highest BCUT2D eigenvalue weighted by Gasteiger charge is 2.10. The van der Waals surface area contributed by atoms with E-state index in [4.69, 9.17) is 0 Å². The molecule has 86 valence electrons. The number of rotatable bonds is 4. The van der Waals surface area contributed by atoms with Crippen LogP contribution in [0.15, 0.2) is 18.6 Å². The quantitative estimate of drug-likeness (QED) is 0.883. The Balaban J connectivity index is 1.93. The molecule has 0 spiro atoms. The molecule has 2 heterocycles. The van der Waals surface area contributed by atoms with E-state index in [0.717, 1.165) is 17.4 Å². The van der Waals surface area contributed by atoms with Crippen molar-refractivity contribution in [3.8, 4) is 0 Å². The zero-order chi connectivity index (χ0) is 11.5. The van der Waals surface area contributed by atoms with Crippen LogP contribution in [-0.4, -0.2) is 14.5 Å². The van der Waals surface area contributed by atoms with Crippen LogP contribution in [-0.2, 0) is 13.6 Å². The zero-order valence-corrected chi connectivity index (χ0v) is 10.6. The van der Waals surface area contributed by atoms with E-state index in [9.17, 15) is 0 Å². The summed E-state index contributed by atoms with van der Waals surface area (Å²) < 4.78 is 2.03. The number of hydrogen-bond acceptors (Lipinski definition) is 4. The smallest absolute Gasteiger partial charge is 0.125 e. The van der Waals surface area contributed by atoms with Crippen molar-refractivity contribution < 1.29 is 0 Å². The molecule has 0 amide bonds. The maximum absolute atomic E-state index is 4.32. The van der Waals surface area contributed by atoms with E-state index in [2.05, 4.69) is 29.1 Å². The van der Waals surface area contributed by atoms with Gasteiger partial charge in [-0.3, -0.25) is 0 Å². The molecule has 2 aromatic heterocycles. The van der Waals surface area contributed by atoms with E-state index in [-0.39, 0.29) is 6.04 Å². The Hall–Kier alpha value is -1.20. The van der Waals surface area contributed by atoms with Gasteiger partial charge in [0.25, 0.3) is 0 Å². The Bertz CT molecular complexity index is 460. The molecule has 0 aliphatic carbocycles. The normalized spacial score (nSPS) is 12.9. The molecule has 0 fully saturated rings. The largest absolute Gasteiger partial charge is 0.337 e. The molecule has 1 atom stereocenters. The second-order valence-electron chi connectivity index (χ2n) is 3.86. The highest BCUT2D eigenvalue weighted by molar-refractivity contribution is 7.11. The third-order valence-corrected chi connectivity index (χ3v) is 3.39. The van der Waals surface area contributed by atoms with Crippen molar-refractivity contribution in [1.29, 1.82) is 0 Å². The summed E-state index contributed by atoms with van der Waals surface area (Å²) in [6.45, 7) is 4.98. The highest BCUT2D eigenvalue weighted by Crippen LogP contribution is 2.13. The molecule has 0 aliphatic rings. The van der Waals surface area contributed by atoms with Gasteiger partial charge in [0.1, 0.15) is 10.8 Å². The van der Waals surface area contributed by atoms with Crippen LogP contribution in [0.25, 0.3) is 0 Å². The van der Waals surface area contributed by atoms with E-state index in [1.165, 1.54) is 4.88 Å². The SMILES string of the molecule is Cc1cnc(CNC(C)c2nccn2C)s1. The molecule has 0 aromatic carbocycles. The molecule has 0 saturated carbocycles. The molecule has 4 nitrogen and oxygen atoms in total. The summed E-state index contributed by atoms with van der Waals surface area (Å²) in [5, 5.41) is 4.54. The summed E-state index contributed by atoms with van der Waals surface area (Å²) in [6, 6.07) is 0.240. The first kappa shape index (κ1) is 11.3. The minimum absolute atomic E-state index is 0.240. The van der Waals surface area contributed by atoms with Crippen molar-refractivity contribution >= 4 is 11.3 Å². The topological polar surface area (TPSA) is 42.7 Å². The fourth-order valence-corrected chi connectivity index (χ4v) is 2.35. The predicted molar refractivity (Wildman–Crippen MR) is 65.3 cm³/mol. The molecule has 0 radical (unpaired) electrons. The molecular formula is C11H16N4S. The highest BCUT2D eigenvalue weighted by atomic mass is 32.1. The number of thiazole rings is 1. The van der Waals surface area contributed by atoms with Gasteiger partial charge in [-0.2, -0.15) is 0 Å². The standard InChI is InChI=1S/C11H16N4S/c1-8-6-14-10(16-8)7-13-9(2)11-12-4-5-15(11)3/h4-6,9,13H,7H2,1-3H3. The molecule has 1 N–H and O–H groups in total. The summed E-state index contributed by atoms with van der Waals surface area (Å²) in [6.07, 6.45) is 5.69. The fourth-order valence-electron chi connectivity index (χ4n) is 1.61. The molecule has 1 unspecified atom stereocenters. The Kier molecular flexibility index (Phi) is 3.36. The third kappa shape index (κ3) is 2.48. The first-order chi connectivity index (χ1) is 7.66. The number of imidazole rings is 1. The van der Waals surface area contributed by atoms with Gasteiger partial charge in [-0.05, 0) is 13.8 Å². The van der Waals surface area contributed by atoms with Crippen molar-refractivity contribution in [3.05, 3.63) is 34.3 Å². The minimum atomic E-state index is 0.240. The first-order valence-electron chi connectivity index (χ1n) is 5.28. The Morgan fingerprint density at radius 3 is 2.88 bits per heavy atom. The molecule has 5 heteroatoms. The van der Waals surface area contributed by atoms with E-state index in [1.54, 1.807) is 11.3 Å². The number of nitrogens with zero attached hydrogens (tertiary/aromatic N) is 3. The van der Waals surface area contributed by atoms with E-state index in [0.29, 0.717) is 0 Å². The third-order valence-electron chi connectivity index (χ3n) is 2.47. The van der Waals surface area contributed by atoms with Crippen LogP contribution in [0.3, 0.4) is 0 Å². The van der Waals surface area contributed by atoms with Crippen LogP contribution in [0.4, 0.5) is 0 Å². The van der Waals surface area contributed by atoms with Crippen molar-refractivity contribution in [1.82, 2.24) is 19.9 Å². The number of nitrogens with one attached hydrogen (secondary N) is 1. The lowest BCUT2D eigenvalue weighted by Crippen LogP contribution is -2.20. The first-order valence-corrected chi connectivity index (χ1v) is 6.10. The van der Waals surface area contributed by atoms with Crippen LogP contribution in [0.5, 0.6) is 0 Å². The predicted octanol–water partition coefficient (Wildman–Crippen LogP) is 2.04. The van der Waals surface area contributed by atoms with Crippen LogP contribution < -0.4 is 5.32 Å². The monoisotopic (exact) mass is 236 g/mol. The lowest BCUT2D eigenvalue weighted by Gasteiger charge is -2.12. The van der Waals surface area contributed by atoms with E-state index >= 15 is 0 Å². The van der Waals surface area contributed by atoms with Gasteiger partial charge in [-0.15, -0.1) is 11.3 Å². The molecule has 0 aliphatic heterocycles. The lowest BCUT2D eigenvalue weighted by molar-refractivity contribution is 0.529. The maximum Gasteiger partial charge on any atom is 0.125 e. The minimum Gasteiger partial charge on any atom is -0.337 e. The van der Waals surface area contributed by atoms with E-state index in [1.807, 2.05) is 30.2 Å². The fraction of sp³-hybridized carbons (Fsp3) is 0.455. The lowest BCUT2D eigenvalue weighted by atomic mass is 10.3. The molecule has 2 rings (SSSR count). The van der Waals surface area contributed by atoms with Gasteiger partial charge in [0, 0.05) is 37.1 Å². The van der Waals surface area contributed by atoms with Gasteiger partial charge in [-0.25, -0.2) is 9.97 Å². The van der Waals surface area contributed by atoms with Gasteiger partial charge in [-0.1, -0.05) is 0 Å². The molecule has 16 heavy (non-hydrogen) atoms. The average Bonchev–Trinajstić information content (AvgIpc) is 2.84. The summed E-state index contributed by atoms with van der Waals surface area (Å²) >= 11 is 1.73. The van der Waals surface area contributed by atoms with E-state index < -0.39 is 0 Å². The summed E-state index contributed by atoms with van der Waals surface area (Å²) in [4.78, 5) is 9.89. The average molecular weight is 236 g/mol. The van der Waals surface area contributed by atoms with Gasteiger partial charge in [0.05, 0.1) is 6.04 Å². The van der Waals surface area contributed by atoms with Crippen LogP contribution in [0, 0.1) is 6.92 Å². The Morgan fingerprint density at radius 2 is 2.31 bits per heavy atom. The Labute approximate surface area is 99.4 Å². The second kappa shape index (κ2) is 4.76. The molecule has 0 saturated heterocycles. The summed E-state index contributed by atoms with van der Waals surface area (Å²) in [7, 11) is 2.01. The van der Waals surface area contributed by atoms with Gasteiger partial charge in [0.2, 0.25) is 0 Å². The van der Waals surface area contributed by atoms with Crippen LogP contribution in [0.1, 0.15) is 28.7 Å². The zero-order valence-electron chi connectivity index (χ0n) is 9.77. The summed E-state index contributed by atoms with van der Waals surface area (Å²) in [5.74, 6) is 1.05. The molecule has 0 bridgehead atoms. The maximum atomic E-state index is 4.32. The molecule has 2 aromatic rings. The van der Waals surface area contributed by atoms with Gasteiger partial charge >= 0.3 is 0 Å². The van der Waals surface area contributed by atoms with Crippen molar-refractivity contribution in [2.24, 2.45) is 7.05 Å². The van der Waals surface area contributed by atoms with Crippen LogP contribution in [0.2, 0.25) is 0 Å². The van der Waals surface area contributed by atoms with Crippen molar-refractivity contribution in [2.75, 3.05) is 0 Å². The van der Waals surface area contributed by atoms with Crippen LogP contribution >= 0.6 is 11.3 Å². The molecular weight excluding hydrogens is 220 g/mol. The Morgan fingerprint density at radius 1 is 1.50 bits per heavy atom. The number of aryl methyl sites for hydroxylation is 2. The van der Waals surface area contributed by atoms with Gasteiger partial charge in [0.15, 0.2) is 0 Å².